The molecular weight excluding hydrogens is 411 g/mol. The largest absolute Gasteiger partial charge is 0.497 e. The van der Waals surface area contributed by atoms with E-state index in [0.29, 0.717) is 28.3 Å². The van der Waals surface area contributed by atoms with Gasteiger partial charge in [0, 0.05) is 35.5 Å². The summed E-state index contributed by atoms with van der Waals surface area (Å²) in [5, 5.41) is 2.86. The number of ether oxygens (including phenoxy) is 2. The van der Waals surface area contributed by atoms with Gasteiger partial charge in [0.25, 0.3) is 11.8 Å². The Morgan fingerprint density at radius 2 is 1.91 bits per heavy atom. The first-order valence-corrected chi connectivity index (χ1v) is 10.2. The molecule has 3 aromatic rings. The topological polar surface area (TPSA) is 67.9 Å². The molecule has 4 rings (SSSR count). The van der Waals surface area contributed by atoms with Crippen molar-refractivity contribution in [2.75, 3.05) is 12.4 Å². The number of carbonyl (C=O) groups excluding carboxylic acids is 2. The van der Waals surface area contributed by atoms with Crippen LogP contribution in [0.5, 0.6) is 11.5 Å². The second-order valence-electron chi connectivity index (χ2n) is 7.55. The zero-order valence-electron chi connectivity index (χ0n) is 17.8. The van der Waals surface area contributed by atoms with E-state index >= 15 is 0 Å². The quantitative estimate of drug-likeness (QED) is 0.647. The van der Waals surface area contributed by atoms with Crippen molar-refractivity contribution in [3.05, 3.63) is 89.2 Å². The van der Waals surface area contributed by atoms with Crippen molar-refractivity contribution in [1.29, 1.82) is 0 Å². The number of fused-ring (bicyclic) bond motifs is 1. The molecule has 0 bridgehead atoms. The van der Waals surface area contributed by atoms with E-state index in [4.69, 9.17) is 9.47 Å². The Hall–Kier alpha value is -3.87. The summed E-state index contributed by atoms with van der Waals surface area (Å²) in [5.41, 5.74) is 2.22. The number of nitrogens with zero attached hydrogens (tertiary/aromatic N) is 1. The highest BCUT2D eigenvalue weighted by atomic mass is 19.1. The van der Waals surface area contributed by atoms with Crippen molar-refractivity contribution < 1.29 is 23.5 Å². The van der Waals surface area contributed by atoms with E-state index in [9.17, 15) is 14.0 Å². The van der Waals surface area contributed by atoms with Gasteiger partial charge in [0.1, 0.15) is 17.3 Å². The maximum Gasteiger partial charge on any atom is 0.263 e. The number of nitrogens with one attached hydrogen (secondary N) is 1. The predicted octanol–water partition coefficient (Wildman–Crippen LogP) is 4.40. The predicted molar refractivity (Wildman–Crippen MR) is 118 cm³/mol. The van der Waals surface area contributed by atoms with Crippen molar-refractivity contribution in [1.82, 2.24) is 4.90 Å². The minimum absolute atomic E-state index is 0.126. The van der Waals surface area contributed by atoms with Crippen LogP contribution in [0.1, 0.15) is 28.4 Å². The fourth-order valence-corrected chi connectivity index (χ4v) is 3.59. The second-order valence-corrected chi connectivity index (χ2v) is 7.55. The molecule has 3 aromatic carbocycles. The molecule has 1 heterocycles. The lowest BCUT2D eigenvalue weighted by Crippen LogP contribution is -2.37. The van der Waals surface area contributed by atoms with Crippen LogP contribution in [0.25, 0.3) is 0 Å². The molecule has 1 atom stereocenters. The van der Waals surface area contributed by atoms with Crippen molar-refractivity contribution in [3.63, 3.8) is 0 Å². The number of methoxy groups -OCH3 is 1. The van der Waals surface area contributed by atoms with Gasteiger partial charge in [-0.2, -0.15) is 0 Å². The average molecular weight is 434 g/mol. The number of amides is 2. The van der Waals surface area contributed by atoms with Gasteiger partial charge in [0.05, 0.1) is 7.11 Å². The fourth-order valence-electron chi connectivity index (χ4n) is 3.59. The van der Waals surface area contributed by atoms with E-state index in [1.165, 1.54) is 6.07 Å². The Morgan fingerprint density at radius 1 is 1.16 bits per heavy atom. The molecule has 2 amide bonds. The summed E-state index contributed by atoms with van der Waals surface area (Å²) < 4.78 is 25.1. The first-order valence-electron chi connectivity index (χ1n) is 10.2. The summed E-state index contributed by atoms with van der Waals surface area (Å²) >= 11 is 0. The number of halogens is 1. The zero-order valence-corrected chi connectivity index (χ0v) is 17.8. The molecule has 0 fully saturated rings. The lowest BCUT2D eigenvalue weighted by molar-refractivity contribution is -0.138. The number of rotatable bonds is 5. The molecule has 0 saturated carbocycles. The summed E-state index contributed by atoms with van der Waals surface area (Å²) in [6, 6.07) is 18.4. The van der Waals surface area contributed by atoms with Crippen LogP contribution in [0.15, 0.2) is 66.7 Å². The second kappa shape index (κ2) is 9.09. The third-order valence-electron chi connectivity index (χ3n) is 5.31. The van der Waals surface area contributed by atoms with E-state index in [0.717, 1.165) is 5.56 Å². The molecule has 164 valence electrons. The average Bonchev–Trinajstić information content (AvgIpc) is 2.91. The number of benzene rings is 3. The molecule has 0 aliphatic carbocycles. The molecule has 0 radical (unpaired) electrons. The van der Waals surface area contributed by atoms with Crippen LogP contribution in [-0.4, -0.2) is 29.9 Å². The Bertz CT molecular complexity index is 1150. The van der Waals surface area contributed by atoms with Gasteiger partial charge in [-0.25, -0.2) is 4.39 Å². The fraction of sp³-hybridized carbons (Fsp3) is 0.200. The van der Waals surface area contributed by atoms with E-state index in [1.807, 2.05) is 0 Å². The molecule has 1 N–H and O–H groups in total. The third-order valence-corrected chi connectivity index (χ3v) is 5.31. The molecule has 0 spiro atoms. The van der Waals surface area contributed by atoms with Gasteiger partial charge < -0.3 is 19.7 Å². The van der Waals surface area contributed by atoms with Crippen LogP contribution >= 0.6 is 0 Å². The molecule has 1 aliphatic rings. The summed E-state index contributed by atoms with van der Waals surface area (Å²) in [5.74, 6) is 0.365. The SMILES string of the molecule is COc1ccc(C(=O)Nc2ccc3c(c2)CN(Cc2ccccc2F)C(=O)[C@H](C)O3)cc1. The Balaban J connectivity index is 1.55. The smallest absolute Gasteiger partial charge is 0.263 e. The van der Waals surface area contributed by atoms with Crippen molar-refractivity contribution in [3.8, 4) is 11.5 Å². The normalized spacial score (nSPS) is 15.4. The Labute approximate surface area is 185 Å². The molecule has 0 unspecified atom stereocenters. The maximum atomic E-state index is 14.2. The highest BCUT2D eigenvalue weighted by Crippen LogP contribution is 2.30. The van der Waals surface area contributed by atoms with Crippen LogP contribution in [0, 0.1) is 5.82 Å². The van der Waals surface area contributed by atoms with Crippen LogP contribution < -0.4 is 14.8 Å². The number of anilines is 1. The van der Waals surface area contributed by atoms with Gasteiger partial charge in [-0.3, -0.25) is 9.59 Å². The third kappa shape index (κ3) is 4.56. The van der Waals surface area contributed by atoms with E-state index in [2.05, 4.69) is 5.32 Å². The summed E-state index contributed by atoms with van der Waals surface area (Å²) in [6.45, 7) is 2.03. The molecule has 0 saturated heterocycles. The molecule has 0 aromatic heterocycles. The zero-order chi connectivity index (χ0) is 22.7. The molecule has 32 heavy (non-hydrogen) atoms. The van der Waals surface area contributed by atoms with Crippen LogP contribution in [0.2, 0.25) is 0 Å². The Kier molecular flexibility index (Phi) is 6.07. The van der Waals surface area contributed by atoms with E-state index < -0.39 is 6.10 Å². The van der Waals surface area contributed by atoms with Crippen molar-refractivity contribution in [2.45, 2.75) is 26.1 Å². The van der Waals surface area contributed by atoms with Gasteiger partial charge in [-0.05, 0) is 55.5 Å². The van der Waals surface area contributed by atoms with Gasteiger partial charge in [-0.1, -0.05) is 18.2 Å². The van der Waals surface area contributed by atoms with Crippen LogP contribution in [0.4, 0.5) is 10.1 Å². The van der Waals surface area contributed by atoms with E-state index in [-0.39, 0.29) is 30.7 Å². The van der Waals surface area contributed by atoms with Gasteiger partial charge in [0.2, 0.25) is 0 Å². The highest BCUT2D eigenvalue weighted by molar-refractivity contribution is 6.04. The lowest BCUT2D eigenvalue weighted by atomic mass is 10.1. The number of hydrogen-bond donors (Lipinski definition) is 1. The first-order chi connectivity index (χ1) is 15.4. The number of carbonyl (C=O) groups is 2. The van der Waals surface area contributed by atoms with Gasteiger partial charge >= 0.3 is 0 Å². The monoisotopic (exact) mass is 434 g/mol. The van der Waals surface area contributed by atoms with Crippen molar-refractivity contribution in [2.24, 2.45) is 0 Å². The minimum atomic E-state index is -0.706. The van der Waals surface area contributed by atoms with Gasteiger partial charge in [-0.15, -0.1) is 0 Å². The molecular formula is C25H23FN2O4. The number of hydrogen-bond acceptors (Lipinski definition) is 4. The summed E-state index contributed by atoms with van der Waals surface area (Å²) in [6.07, 6.45) is -0.706. The lowest BCUT2D eigenvalue weighted by Gasteiger charge is -2.22. The van der Waals surface area contributed by atoms with E-state index in [1.54, 1.807) is 79.6 Å². The minimum Gasteiger partial charge on any atom is -0.497 e. The molecule has 7 heteroatoms. The van der Waals surface area contributed by atoms with Crippen LogP contribution in [-0.2, 0) is 17.9 Å². The summed E-state index contributed by atoms with van der Waals surface area (Å²) in [7, 11) is 1.56. The first kappa shape index (κ1) is 21.4. The van der Waals surface area contributed by atoms with Crippen molar-refractivity contribution >= 4 is 17.5 Å². The Morgan fingerprint density at radius 3 is 2.62 bits per heavy atom. The summed E-state index contributed by atoms with van der Waals surface area (Å²) in [4.78, 5) is 27.0. The van der Waals surface area contributed by atoms with Crippen LogP contribution in [0.3, 0.4) is 0 Å². The maximum absolute atomic E-state index is 14.2. The molecule has 1 aliphatic heterocycles. The van der Waals surface area contributed by atoms with Gasteiger partial charge in [0.15, 0.2) is 6.10 Å². The standard InChI is InChI=1S/C25H23FN2O4/c1-16-25(30)28(14-18-5-3-4-6-22(18)26)15-19-13-20(9-12-23(19)32-16)27-24(29)17-7-10-21(31-2)11-8-17/h3-13,16H,14-15H2,1-2H3,(H,27,29)/t16-/m0/s1. The molecule has 6 nitrogen and oxygen atoms in total. The highest BCUT2D eigenvalue weighted by Gasteiger charge is 2.28.